The Bertz CT molecular complexity index is 412. The first kappa shape index (κ1) is 10.5. The first-order chi connectivity index (χ1) is 7.66. The zero-order valence-corrected chi connectivity index (χ0v) is 8.55. The maximum Gasteiger partial charge on any atom is 0.414 e. The van der Waals surface area contributed by atoms with Gasteiger partial charge in [-0.15, -0.1) is 0 Å². The van der Waals surface area contributed by atoms with Gasteiger partial charge in [0.05, 0.1) is 13.0 Å². The second-order valence-electron chi connectivity index (χ2n) is 3.50. The summed E-state index contributed by atoms with van der Waals surface area (Å²) in [6.45, 7) is 0.937. The van der Waals surface area contributed by atoms with E-state index in [2.05, 4.69) is 0 Å². The molecular formula is C11H11NO4. The standard InChI is InChI=1S/C11H11NO4/c13-10(14)7-8-1-3-9(4-2-8)12-5-6-16-11(12)15/h1-4H,5-7H2,(H,13,14). The SMILES string of the molecule is O=C(O)Cc1ccc(N2CCOC2=O)cc1. The van der Waals surface area contributed by atoms with Crippen molar-refractivity contribution in [2.45, 2.75) is 6.42 Å². The fourth-order valence-corrected chi connectivity index (χ4v) is 1.60. The number of ether oxygens (including phenoxy) is 1. The number of carboxylic acids is 1. The summed E-state index contributed by atoms with van der Waals surface area (Å²) < 4.78 is 4.81. The van der Waals surface area contributed by atoms with Crippen molar-refractivity contribution in [1.82, 2.24) is 0 Å². The van der Waals surface area contributed by atoms with Gasteiger partial charge in [0.25, 0.3) is 0 Å². The summed E-state index contributed by atoms with van der Waals surface area (Å²) in [5.41, 5.74) is 1.44. The van der Waals surface area contributed by atoms with Crippen molar-refractivity contribution >= 4 is 17.7 Å². The van der Waals surface area contributed by atoms with E-state index in [4.69, 9.17) is 9.84 Å². The fourth-order valence-electron chi connectivity index (χ4n) is 1.60. The van der Waals surface area contributed by atoms with Crippen LogP contribution < -0.4 is 4.90 Å². The Hall–Kier alpha value is -2.04. The average molecular weight is 221 g/mol. The largest absolute Gasteiger partial charge is 0.481 e. The van der Waals surface area contributed by atoms with Gasteiger partial charge in [0.2, 0.25) is 0 Å². The van der Waals surface area contributed by atoms with Gasteiger partial charge < -0.3 is 9.84 Å². The second kappa shape index (κ2) is 4.22. The molecule has 0 saturated carbocycles. The van der Waals surface area contributed by atoms with Crippen molar-refractivity contribution in [3.63, 3.8) is 0 Å². The van der Waals surface area contributed by atoms with Gasteiger partial charge in [-0.2, -0.15) is 0 Å². The number of carbonyl (C=O) groups excluding carboxylic acids is 1. The number of aliphatic carboxylic acids is 1. The zero-order valence-electron chi connectivity index (χ0n) is 8.55. The molecule has 16 heavy (non-hydrogen) atoms. The van der Waals surface area contributed by atoms with Crippen LogP contribution >= 0.6 is 0 Å². The Balaban J connectivity index is 2.12. The summed E-state index contributed by atoms with van der Waals surface area (Å²) in [5.74, 6) is -0.867. The fraction of sp³-hybridized carbons (Fsp3) is 0.273. The molecule has 1 saturated heterocycles. The summed E-state index contributed by atoms with van der Waals surface area (Å²) >= 11 is 0. The molecule has 0 unspecified atom stereocenters. The van der Waals surface area contributed by atoms with Gasteiger partial charge in [-0.1, -0.05) is 12.1 Å². The molecule has 1 aliphatic rings. The summed E-state index contributed by atoms with van der Waals surface area (Å²) in [6, 6.07) is 6.86. The van der Waals surface area contributed by atoms with Crippen LogP contribution in [0.2, 0.25) is 0 Å². The van der Waals surface area contributed by atoms with Gasteiger partial charge in [-0.05, 0) is 17.7 Å². The van der Waals surface area contributed by atoms with E-state index in [0.29, 0.717) is 18.7 Å². The smallest absolute Gasteiger partial charge is 0.414 e. The third-order valence-corrected chi connectivity index (χ3v) is 2.36. The number of rotatable bonds is 3. The lowest BCUT2D eigenvalue weighted by atomic mass is 10.1. The summed E-state index contributed by atoms with van der Waals surface area (Å²) in [5, 5.41) is 8.61. The van der Waals surface area contributed by atoms with Gasteiger partial charge >= 0.3 is 12.1 Å². The predicted octanol–water partition coefficient (Wildman–Crippen LogP) is 1.27. The molecule has 2 rings (SSSR count). The first-order valence-corrected chi connectivity index (χ1v) is 4.92. The summed E-state index contributed by atoms with van der Waals surface area (Å²) in [4.78, 5) is 23.2. The lowest BCUT2D eigenvalue weighted by Gasteiger charge is -2.12. The lowest BCUT2D eigenvalue weighted by Crippen LogP contribution is -2.23. The highest BCUT2D eigenvalue weighted by Crippen LogP contribution is 2.19. The van der Waals surface area contributed by atoms with Gasteiger partial charge in [-0.3, -0.25) is 9.69 Å². The molecule has 0 spiro atoms. The lowest BCUT2D eigenvalue weighted by molar-refractivity contribution is -0.136. The highest BCUT2D eigenvalue weighted by molar-refractivity contribution is 5.89. The third-order valence-electron chi connectivity index (χ3n) is 2.36. The maximum atomic E-state index is 11.2. The number of hydrogen-bond donors (Lipinski definition) is 1. The van der Waals surface area contributed by atoms with Crippen LogP contribution in [-0.2, 0) is 16.0 Å². The van der Waals surface area contributed by atoms with Gasteiger partial charge in [0, 0.05) is 5.69 Å². The Morgan fingerprint density at radius 1 is 1.38 bits per heavy atom. The Kier molecular flexibility index (Phi) is 2.76. The van der Waals surface area contributed by atoms with Crippen molar-refractivity contribution in [3.8, 4) is 0 Å². The van der Waals surface area contributed by atoms with Crippen LogP contribution in [0.25, 0.3) is 0 Å². The van der Waals surface area contributed by atoms with E-state index in [9.17, 15) is 9.59 Å². The molecule has 0 aliphatic carbocycles. The second-order valence-corrected chi connectivity index (χ2v) is 3.50. The number of benzene rings is 1. The van der Waals surface area contributed by atoms with Crippen LogP contribution in [0.3, 0.4) is 0 Å². The molecule has 84 valence electrons. The van der Waals surface area contributed by atoms with Crippen LogP contribution in [-0.4, -0.2) is 30.3 Å². The monoisotopic (exact) mass is 221 g/mol. The highest BCUT2D eigenvalue weighted by atomic mass is 16.6. The number of cyclic esters (lactones) is 1. The molecule has 1 fully saturated rings. The zero-order chi connectivity index (χ0) is 11.5. The Morgan fingerprint density at radius 2 is 2.06 bits per heavy atom. The number of carbonyl (C=O) groups is 2. The number of hydrogen-bond acceptors (Lipinski definition) is 3. The molecule has 0 radical (unpaired) electrons. The molecular weight excluding hydrogens is 210 g/mol. The quantitative estimate of drug-likeness (QED) is 0.834. The predicted molar refractivity (Wildman–Crippen MR) is 56.5 cm³/mol. The molecule has 1 aromatic carbocycles. The van der Waals surface area contributed by atoms with E-state index < -0.39 is 5.97 Å². The normalized spacial score (nSPS) is 15.0. The first-order valence-electron chi connectivity index (χ1n) is 4.92. The van der Waals surface area contributed by atoms with Gasteiger partial charge in [0.1, 0.15) is 6.61 Å². The Morgan fingerprint density at radius 3 is 2.56 bits per heavy atom. The van der Waals surface area contributed by atoms with Crippen LogP contribution in [0.15, 0.2) is 24.3 Å². The van der Waals surface area contributed by atoms with Crippen LogP contribution in [0, 0.1) is 0 Å². The minimum Gasteiger partial charge on any atom is -0.481 e. The number of carboxylic acid groups (broad SMARTS) is 1. The van der Waals surface area contributed by atoms with Crippen LogP contribution in [0.4, 0.5) is 10.5 Å². The molecule has 0 aromatic heterocycles. The van der Waals surface area contributed by atoms with Crippen molar-refractivity contribution in [2.24, 2.45) is 0 Å². The van der Waals surface area contributed by atoms with Gasteiger partial charge in [-0.25, -0.2) is 4.79 Å². The maximum absolute atomic E-state index is 11.2. The minimum absolute atomic E-state index is 0.00920. The molecule has 0 bridgehead atoms. The molecule has 5 heteroatoms. The Labute approximate surface area is 92.2 Å². The third kappa shape index (κ3) is 2.13. The van der Waals surface area contributed by atoms with E-state index in [1.54, 1.807) is 24.3 Å². The van der Waals surface area contributed by atoms with Crippen LogP contribution in [0.1, 0.15) is 5.56 Å². The van der Waals surface area contributed by atoms with Crippen molar-refractivity contribution in [1.29, 1.82) is 0 Å². The molecule has 1 heterocycles. The molecule has 5 nitrogen and oxygen atoms in total. The van der Waals surface area contributed by atoms with Crippen molar-refractivity contribution in [3.05, 3.63) is 29.8 Å². The molecule has 0 atom stereocenters. The highest BCUT2D eigenvalue weighted by Gasteiger charge is 2.23. The van der Waals surface area contributed by atoms with E-state index in [-0.39, 0.29) is 12.5 Å². The van der Waals surface area contributed by atoms with Crippen molar-refractivity contribution < 1.29 is 19.4 Å². The van der Waals surface area contributed by atoms with E-state index in [0.717, 1.165) is 5.69 Å². The average Bonchev–Trinajstić information content (AvgIpc) is 2.65. The minimum atomic E-state index is -0.867. The van der Waals surface area contributed by atoms with Crippen molar-refractivity contribution in [2.75, 3.05) is 18.1 Å². The van der Waals surface area contributed by atoms with E-state index >= 15 is 0 Å². The molecule has 1 N–H and O–H groups in total. The summed E-state index contributed by atoms with van der Waals surface area (Å²) in [6.07, 6.45) is -0.365. The molecule has 1 amide bonds. The number of amides is 1. The number of nitrogens with zero attached hydrogens (tertiary/aromatic N) is 1. The van der Waals surface area contributed by atoms with E-state index in [1.165, 1.54) is 4.90 Å². The van der Waals surface area contributed by atoms with E-state index in [1.807, 2.05) is 0 Å². The van der Waals surface area contributed by atoms with Crippen LogP contribution in [0.5, 0.6) is 0 Å². The number of anilines is 1. The molecule has 1 aromatic rings. The topological polar surface area (TPSA) is 66.8 Å². The summed E-state index contributed by atoms with van der Waals surface area (Å²) in [7, 11) is 0. The van der Waals surface area contributed by atoms with Gasteiger partial charge in [0.15, 0.2) is 0 Å². The molecule has 1 aliphatic heterocycles.